The highest BCUT2D eigenvalue weighted by atomic mass is 19.4. The van der Waals surface area contributed by atoms with Crippen molar-refractivity contribution < 1.29 is 17.6 Å². The van der Waals surface area contributed by atoms with Crippen molar-refractivity contribution in [2.24, 2.45) is 10.7 Å². The lowest BCUT2D eigenvalue weighted by atomic mass is 9.94. The topological polar surface area (TPSA) is 106 Å². The number of aliphatic imine (C=N–C) groups is 1. The van der Waals surface area contributed by atoms with Gasteiger partial charge < -0.3 is 11.1 Å². The summed E-state index contributed by atoms with van der Waals surface area (Å²) in [5.41, 5.74) is 6.92. The van der Waals surface area contributed by atoms with E-state index in [4.69, 9.17) is 5.73 Å². The van der Waals surface area contributed by atoms with Gasteiger partial charge in [0.05, 0.1) is 11.6 Å². The molecule has 8 nitrogen and oxygen atoms in total. The number of halogens is 4. The lowest BCUT2D eigenvalue weighted by Crippen LogP contribution is -2.24. The number of benzene rings is 1. The predicted molar refractivity (Wildman–Crippen MR) is 123 cm³/mol. The smallest absolute Gasteiger partial charge is 0.396 e. The Hall–Kier alpha value is -4.35. The molecule has 0 amide bonds. The highest BCUT2D eigenvalue weighted by molar-refractivity contribution is 6.02. The fraction of sp³-hybridized carbons (Fsp3) is 0.174. The molecule has 0 saturated carbocycles. The largest absolute Gasteiger partial charge is 0.404 e. The quantitative estimate of drug-likeness (QED) is 0.242. The molecular weight excluding hydrogens is 464 g/mol. The van der Waals surface area contributed by atoms with Gasteiger partial charge in [0, 0.05) is 31.4 Å². The molecule has 0 unspecified atom stereocenters. The van der Waals surface area contributed by atoms with Gasteiger partial charge in [0.1, 0.15) is 17.5 Å². The summed E-state index contributed by atoms with van der Waals surface area (Å²) in [6, 6.07) is 9.33. The van der Waals surface area contributed by atoms with Crippen LogP contribution in [0.25, 0.3) is 16.9 Å². The number of nitrogens with one attached hydrogen (secondary N) is 1. The number of nitrogens with two attached hydrogens (primary N) is 1. The van der Waals surface area contributed by atoms with Crippen LogP contribution in [-0.2, 0) is 6.42 Å². The first-order valence-electron chi connectivity index (χ1n) is 10.4. The van der Waals surface area contributed by atoms with E-state index < -0.39 is 24.3 Å². The number of aromatic nitrogens is 5. The second-order valence-corrected chi connectivity index (χ2v) is 7.47. The van der Waals surface area contributed by atoms with Crippen molar-refractivity contribution in [1.82, 2.24) is 24.6 Å². The van der Waals surface area contributed by atoms with E-state index in [0.717, 1.165) is 24.3 Å². The van der Waals surface area contributed by atoms with Gasteiger partial charge in [0.15, 0.2) is 5.65 Å². The van der Waals surface area contributed by atoms with Crippen molar-refractivity contribution in [3.8, 4) is 11.3 Å². The molecule has 0 aliphatic rings. The van der Waals surface area contributed by atoms with Gasteiger partial charge in [0.25, 0.3) is 0 Å². The van der Waals surface area contributed by atoms with Crippen molar-refractivity contribution in [3.63, 3.8) is 0 Å². The number of alkyl halides is 3. The third-order valence-electron chi connectivity index (χ3n) is 5.22. The van der Waals surface area contributed by atoms with Crippen LogP contribution < -0.4 is 11.1 Å². The highest BCUT2D eigenvalue weighted by Gasteiger charge is 2.41. The Morgan fingerprint density at radius 2 is 1.94 bits per heavy atom. The monoisotopic (exact) mass is 484 g/mol. The molecule has 4 rings (SSSR count). The Morgan fingerprint density at radius 3 is 2.63 bits per heavy atom. The Kier molecular flexibility index (Phi) is 6.71. The molecule has 0 saturated heterocycles. The minimum Gasteiger partial charge on any atom is -0.404 e. The lowest BCUT2D eigenvalue weighted by Gasteiger charge is -2.20. The second-order valence-electron chi connectivity index (χ2n) is 7.47. The summed E-state index contributed by atoms with van der Waals surface area (Å²) in [6.45, 7) is 0. The molecule has 0 bridgehead atoms. The standard InChI is InChI=1S/C23H20F4N8/c1-29-19(6-9-28)32-22-30-10-7-18(31-22)15-8-11-35-20(12-15)33-34-21(35)13-17(23(25,26)27)14-2-4-16(24)5-3-14/h2-12,17H,13,28H2,1H3,(H,29,30,31,32)/t17-/m1/s1. The molecule has 35 heavy (non-hydrogen) atoms. The van der Waals surface area contributed by atoms with Crippen molar-refractivity contribution in [3.05, 3.63) is 84.3 Å². The number of hydrogen-bond donors (Lipinski definition) is 2. The van der Waals surface area contributed by atoms with Crippen LogP contribution in [0.1, 0.15) is 17.3 Å². The number of rotatable bonds is 6. The summed E-state index contributed by atoms with van der Waals surface area (Å²) >= 11 is 0. The fourth-order valence-corrected chi connectivity index (χ4v) is 3.50. The van der Waals surface area contributed by atoms with Gasteiger partial charge in [-0.05, 0) is 48.2 Å². The van der Waals surface area contributed by atoms with E-state index in [1.54, 1.807) is 43.7 Å². The van der Waals surface area contributed by atoms with Gasteiger partial charge in [-0.1, -0.05) is 12.1 Å². The molecule has 0 aliphatic heterocycles. The van der Waals surface area contributed by atoms with E-state index in [-0.39, 0.29) is 17.3 Å². The summed E-state index contributed by atoms with van der Waals surface area (Å²) in [5, 5.41) is 10.9. The van der Waals surface area contributed by atoms with Gasteiger partial charge in [0.2, 0.25) is 5.95 Å². The maximum Gasteiger partial charge on any atom is 0.396 e. The van der Waals surface area contributed by atoms with Crippen LogP contribution in [0.2, 0.25) is 0 Å². The summed E-state index contributed by atoms with van der Waals surface area (Å²) in [4.78, 5) is 12.6. The van der Waals surface area contributed by atoms with Crippen LogP contribution in [-0.4, -0.2) is 43.6 Å². The number of pyridine rings is 1. The van der Waals surface area contributed by atoms with Crippen molar-refractivity contribution in [1.29, 1.82) is 0 Å². The zero-order valence-corrected chi connectivity index (χ0v) is 18.4. The summed E-state index contributed by atoms with van der Waals surface area (Å²) in [5.74, 6) is -1.59. The molecule has 3 aromatic heterocycles. The molecule has 180 valence electrons. The van der Waals surface area contributed by atoms with Crippen molar-refractivity contribution >= 4 is 17.4 Å². The summed E-state index contributed by atoms with van der Waals surface area (Å²) in [6.07, 6.45) is 1.03. The molecule has 12 heteroatoms. The average molecular weight is 484 g/mol. The number of nitrogens with zero attached hydrogens (tertiary/aromatic N) is 6. The normalized spacial score (nSPS) is 13.5. The molecule has 1 atom stereocenters. The molecule has 4 aromatic rings. The van der Waals surface area contributed by atoms with Crippen LogP contribution in [0, 0.1) is 5.82 Å². The van der Waals surface area contributed by atoms with E-state index in [1.165, 1.54) is 10.6 Å². The lowest BCUT2D eigenvalue weighted by molar-refractivity contribution is -0.150. The van der Waals surface area contributed by atoms with E-state index in [0.29, 0.717) is 22.7 Å². The van der Waals surface area contributed by atoms with Gasteiger partial charge in [-0.25, -0.2) is 14.4 Å². The van der Waals surface area contributed by atoms with Crippen LogP contribution in [0.15, 0.2) is 72.1 Å². The Morgan fingerprint density at radius 1 is 1.17 bits per heavy atom. The zero-order chi connectivity index (χ0) is 25.0. The number of anilines is 1. The summed E-state index contributed by atoms with van der Waals surface area (Å²) < 4.78 is 56.1. The van der Waals surface area contributed by atoms with Crippen LogP contribution in [0.4, 0.5) is 23.5 Å². The van der Waals surface area contributed by atoms with Crippen LogP contribution in [0.5, 0.6) is 0 Å². The number of fused-ring (bicyclic) bond motifs is 1. The van der Waals surface area contributed by atoms with Crippen molar-refractivity contribution in [2.45, 2.75) is 18.5 Å². The third kappa shape index (κ3) is 5.42. The third-order valence-corrected chi connectivity index (χ3v) is 5.22. The summed E-state index contributed by atoms with van der Waals surface area (Å²) in [7, 11) is 1.59. The van der Waals surface area contributed by atoms with E-state index in [2.05, 4.69) is 30.5 Å². The molecule has 1 aromatic carbocycles. The van der Waals surface area contributed by atoms with Crippen LogP contribution >= 0.6 is 0 Å². The van der Waals surface area contributed by atoms with Gasteiger partial charge in [-0.3, -0.25) is 9.39 Å². The zero-order valence-electron chi connectivity index (χ0n) is 18.4. The maximum absolute atomic E-state index is 13.8. The Labute approximate surface area is 197 Å². The number of amidine groups is 1. The SMILES string of the molecule is CN=C(C=CN)Nc1nccc(-c2ccn3c(C[C@H](c4ccc(F)cc4)C(F)(F)F)nnc3c2)n1. The number of hydrogen-bond acceptors (Lipinski definition) is 6. The predicted octanol–water partition coefficient (Wildman–Crippen LogP) is 4.13. The minimum absolute atomic E-state index is 0.0484. The van der Waals surface area contributed by atoms with Crippen LogP contribution in [0.3, 0.4) is 0 Å². The first-order valence-corrected chi connectivity index (χ1v) is 10.4. The second kappa shape index (κ2) is 9.87. The molecular formula is C23H20F4N8. The molecule has 0 radical (unpaired) electrons. The first-order chi connectivity index (χ1) is 16.8. The average Bonchev–Trinajstić information content (AvgIpc) is 3.24. The van der Waals surface area contributed by atoms with Gasteiger partial charge in [-0.15, -0.1) is 10.2 Å². The van der Waals surface area contributed by atoms with E-state index in [9.17, 15) is 17.6 Å². The molecule has 3 N–H and O–H groups in total. The Bertz CT molecular complexity index is 1380. The minimum atomic E-state index is -4.55. The van der Waals surface area contributed by atoms with E-state index >= 15 is 0 Å². The molecule has 0 fully saturated rings. The Balaban J connectivity index is 1.62. The van der Waals surface area contributed by atoms with Crippen molar-refractivity contribution in [2.75, 3.05) is 12.4 Å². The molecule has 0 aliphatic carbocycles. The molecule has 0 spiro atoms. The van der Waals surface area contributed by atoms with Gasteiger partial charge in [-0.2, -0.15) is 13.2 Å². The van der Waals surface area contributed by atoms with E-state index in [1.807, 2.05) is 0 Å². The highest BCUT2D eigenvalue weighted by Crippen LogP contribution is 2.37. The molecule has 3 heterocycles. The fourth-order valence-electron chi connectivity index (χ4n) is 3.50. The van der Waals surface area contributed by atoms with Gasteiger partial charge >= 0.3 is 6.18 Å². The maximum atomic E-state index is 13.8. The first kappa shape index (κ1) is 23.8.